The molecule has 3 aromatic carbocycles. The van der Waals surface area contributed by atoms with Crippen LogP contribution in [0.4, 0.5) is 0 Å². The van der Waals surface area contributed by atoms with Crippen LogP contribution in [0.2, 0.25) is 20.1 Å². The van der Waals surface area contributed by atoms with E-state index < -0.39 is 6.04 Å². The molecule has 9 heteroatoms. The van der Waals surface area contributed by atoms with Gasteiger partial charge >= 0.3 is 0 Å². The molecule has 0 aliphatic carbocycles. The fourth-order valence-electron chi connectivity index (χ4n) is 3.72. The summed E-state index contributed by atoms with van der Waals surface area (Å²) in [5, 5.41) is 4.92. The summed E-state index contributed by atoms with van der Waals surface area (Å²) in [6.45, 7) is 2.74. The Balaban J connectivity index is 1.86. The number of nitrogens with one attached hydrogen (secondary N) is 1. The van der Waals surface area contributed by atoms with Crippen molar-refractivity contribution < 1.29 is 9.59 Å². The van der Waals surface area contributed by atoms with Gasteiger partial charge in [-0.1, -0.05) is 95.8 Å². The van der Waals surface area contributed by atoms with Crippen molar-refractivity contribution in [1.29, 1.82) is 0 Å². The van der Waals surface area contributed by atoms with Crippen LogP contribution in [0.1, 0.15) is 30.0 Å². The topological polar surface area (TPSA) is 49.4 Å². The Hall–Kier alpha value is -1.89. The van der Waals surface area contributed by atoms with Gasteiger partial charge in [-0.2, -0.15) is 0 Å². The largest absolute Gasteiger partial charge is 0.354 e. The molecule has 0 fully saturated rings. The summed E-state index contributed by atoms with van der Waals surface area (Å²) in [5.74, 6) is 0.360. The smallest absolute Gasteiger partial charge is 0.243 e. The minimum Gasteiger partial charge on any atom is -0.354 e. The van der Waals surface area contributed by atoms with Crippen molar-refractivity contribution in [3.63, 3.8) is 0 Å². The fourth-order valence-corrected chi connectivity index (χ4v) is 5.51. The Kier molecular flexibility index (Phi) is 11.9. The van der Waals surface area contributed by atoms with E-state index in [4.69, 9.17) is 46.4 Å². The number of hydrogen-bond donors (Lipinski definition) is 1. The van der Waals surface area contributed by atoms with Crippen LogP contribution in [0, 0.1) is 0 Å². The van der Waals surface area contributed by atoms with Crippen LogP contribution in [0.5, 0.6) is 0 Å². The summed E-state index contributed by atoms with van der Waals surface area (Å²) in [4.78, 5) is 28.6. The monoisotopic (exact) mass is 596 g/mol. The molecule has 4 nitrogen and oxygen atoms in total. The van der Waals surface area contributed by atoms with Crippen LogP contribution >= 0.6 is 58.2 Å². The third-order valence-corrected chi connectivity index (χ3v) is 7.95. The number of benzene rings is 3. The molecule has 0 aliphatic rings. The van der Waals surface area contributed by atoms with Crippen LogP contribution in [0.3, 0.4) is 0 Å². The maximum Gasteiger partial charge on any atom is 0.243 e. The Labute approximate surface area is 242 Å². The van der Waals surface area contributed by atoms with E-state index in [0.29, 0.717) is 38.8 Å². The lowest BCUT2D eigenvalue weighted by Gasteiger charge is -2.31. The molecule has 0 bridgehead atoms. The molecule has 0 aliphatic heterocycles. The van der Waals surface area contributed by atoms with Gasteiger partial charge in [0.15, 0.2) is 0 Å². The average Bonchev–Trinajstić information content (AvgIpc) is 2.88. The van der Waals surface area contributed by atoms with Crippen LogP contribution in [-0.4, -0.2) is 35.1 Å². The van der Waals surface area contributed by atoms with Crippen molar-refractivity contribution in [2.24, 2.45) is 0 Å². The van der Waals surface area contributed by atoms with Gasteiger partial charge in [0, 0.05) is 35.3 Å². The summed E-state index contributed by atoms with van der Waals surface area (Å²) in [5.41, 5.74) is 2.64. The molecule has 1 N–H and O–H groups in total. The summed E-state index contributed by atoms with van der Waals surface area (Å²) < 4.78 is 0. The number of carbonyl (C=O) groups excluding carboxylic acids is 2. The molecule has 196 valence electrons. The van der Waals surface area contributed by atoms with E-state index in [0.717, 1.165) is 23.1 Å². The van der Waals surface area contributed by atoms with Gasteiger partial charge in [0.25, 0.3) is 0 Å². The first-order chi connectivity index (χ1) is 17.8. The van der Waals surface area contributed by atoms with E-state index >= 15 is 0 Å². The summed E-state index contributed by atoms with van der Waals surface area (Å²) in [6, 6.07) is 19.5. The van der Waals surface area contributed by atoms with Crippen molar-refractivity contribution in [3.8, 4) is 0 Å². The molecule has 0 saturated carbocycles. The molecule has 0 radical (unpaired) electrons. The lowest BCUT2D eigenvalue weighted by atomic mass is 10.0. The van der Waals surface area contributed by atoms with Crippen molar-refractivity contribution >= 4 is 70.0 Å². The Morgan fingerprint density at radius 2 is 1.65 bits per heavy atom. The van der Waals surface area contributed by atoms with E-state index in [1.807, 2.05) is 49.4 Å². The first kappa shape index (κ1) is 29.7. The second-order valence-electron chi connectivity index (χ2n) is 8.50. The zero-order valence-corrected chi connectivity index (χ0v) is 24.2. The third kappa shape index (κ3) is 9.12. The molecule has 2 amide bonds. The molecule has 0 spiro atoms. The molecule has 1 unspecified atom stereocenters. The van der Waals surface area contributed by atoms with E-state index in [9.17, 15) is 9.59 Å². The lowest BCUT2D eigenvalue weighted by molar-refractivity contribution is -0.139. The summed E-state index contributed by atoms with van der Waals surface area (Å²) in [6.07, 6.45) is 1.18. The highest BCUT2D eigenvalue weighted by Gasteiger charge is 2.30. The quantitative estimate of drug-likeness (QED) is 0.233. The maximum absolute atomic E-state index is 13.7. The van der Waals surface area contributed by atoms with Gasteiger partial charge in [-0.25, -0.2) is 0 Å². The number of hydrogen-bond acceptors (Lipinski definition) is 3. The minimum absolute atomic E-state index is 0.159. The molecule has 3 rings (SSSR count). The second kappa shape index (κ2) is 14.9. The first-order valence-corrected chi connectivity index (χ1v) is 14.5. The van der Waals surface area contributed by atoms with Crippen molar-refractivity contribution in [3.05, 3.63) is 104 Å². The van der Waals surface area contributed by atoms with Gasteiger partial charge in [0.1, 0.15) is 6.04 Å². The maximum atomic E-state index is 13.7. The average molecular weight is 598 g/mol. The molecular weight excluding hydrogens is 570 g/mol. The third-order valence-electron chi connectivity index (χ3n) is 5.66. The number of halogens is 4. The summed E-state index contributed by atoms with van der Waals surface area (Å²) in [7, 11) is 0. The van der Waals surface area contributed by atoms with Crippen molar-refractivity contribution in [2.45, 2.75) is 38.1 Å². The van der Waals surface area contributed by atoms with Crippen LogP contribution < -0.4 is 5.32 Å². The van der Waals surface area contributed by atoms with Gasteiger partial charge in [-0.3, -0.25) is 9.59 Å². The molecule has 0 aromatic heterocycles. The number of rotatable bonds is 12. The van der Waals surface area contributed by atoms with Gasteiger partial charge < -0.3 is 10.2 Å². The highest BCUT2D eigenvalue weighted by molar-refractivity contribution is 7.99. The van der Waals surface area contributed by atoms with Crippen LogP contribution in [-0.2, 0) is 28.3 Å². The number of nitrogens with zero attached hydrogens (tertiary/aromatic N) is 1. The van der Waals surface area contributed by atoms with E-state index in [-0.39, 0.29) is 24.1 Å². The number of amides is 2. The normalized spacial score (nSPS) is 11.7. The summed E-state index contributed by atoms with van der Waals surface area (Å²) >= 11 is 26.1. The van der Waals surface area contributed by atoms with Gasteiger partial charge in [-0.15, -0.1) is 11.8 Å². The number of thioether (sulfide) groups is 1. The zero-order valence-electron chi connectivity index (χ0n) is 20.4. The Morgan fingerprint density at radius 1 is 0.892 bits per heavy atom. The highest BCUT2D eigenvalue weighted by Crippen LogP contribution is 2.27. The van der Waals surface area contributed by atoms with Crippen molar-refractivity contribution in [2.75, 3.05) is 12.3 Å². The second-order valence-corrected chi connectivity index (χ2v) is 11.1. The standard InChI is InChI=1S/C28H28Cl4N2O2S/c1-2-12-33-28(36)26(14-19-6-4-3-5-7-19)34(16-20-8-11-23(30)25(32)13-20)27(35)18-37-17-21-9-10-22(29)15-24(21)31/h3-11,13,15,26H,2,12,14,16-18H2,1H3,(H,33,36). The Morgan fingerprint density at radius 3 is 2.32 bits per heavy atom. The van der Waals surface area contributed by atoms with Crippen molar-refractivity contribution in [1.82, 2.24) is 10.2 Å². The molecule has 37 heavy (non-hydrogen) atoms. The van der Waals surface area contributed by atoms with Gasteiger partial charge in [0.2, 0.25) is 11.8 Å². The van der Waals surface area contributed by atoms with E-state index in [2.05, 4.69) is 5.32 Å². The van der Waals surface area contributed by atoms with Crippen LogP contribution in [0.15, 0.2) is 66.7 Å². The molecular formula is C28H28Cl4N2O2S. The minimum atomic E-state index is -0.698. The molecule has 3 aromatic rings. The highest BCUT2D eigenvalue weighted by atomic mass is 35.5. The van der Waals surface area contributed by atoms with E-state index in [1.165, 1.54) is 11.8 Å². The van der Waals surface area contributed by atoms with Gasteiger partial charge in [0.05, 0.1) is 15.8 Å². The SMILES string of the molecule is CCCNC(=O)C(Cc1ccccc1)N(Cc1ccc(Cl)c(Cl)c1)C(=O)CSCc1ccc(Cl)cc1Cl. The van der Waals surface area contributed by atoms with Crippen LogP contribution in [0.25, 0.3) is 0 Å². The molecule has 0 saturated heterocycles. The fraction of sp³-hybridized carbons (Fsp3) is 0.286. The predicted molar refractivity (Wildman–Crippen MR) is 157 cm³/mol. The molecule has 0 heterocycles. The van der Waals surface area contributed by atoms with Gasteiger partial charge in [-0.05, 0) is 47.4 Å². The Bertz CT molecular complexity index is 1210. The lowest BCUT2D eigenvalue weighted by Crippen LogP contribution is -2.51. The first-order valence-electron chi connectivity index (χ1n) is 11.8. The molecule has 1 atom stereocenters. The van der Waals surface area contributed by atoms with E-state index in [1.54, 1.807) is 29.2 Å². The number of carbonyl (C=O) groups is 2. The predicted octanol–water partition coefficient (Wildman–Crippen LogP) is 7.70. The zero-order chi connectivity index (χ0) is 26.8.